The number of rotatable bonds is 6. The van der Waals surface area contributed by atoms with Gasteiger partial charge in [0.1, 0.15) is 17.2 Å². The van der Waals surface area contributed by atoms with Gasteiger partial charge in [0.25, 0.3) is 0 Å². The first-order valence-electron chi connectivity index (χ1n) is 5.42. The number of thioether (sulfide) groups is 1. The van der Waals surface area contributed by atoms with Crippen LogP contribution in [0.3, 0.4) is 0 Å². The molecule has 0 saturated heterocycles. The smallest absolute Gasteiger partial charge is 0.308 e. The maximum Gasteiger partial charge on any atom is 0.308 e. The second kappa shape index (κ2) is 6.44. The fourth-order valence-corrected chi connectivity index (χ4v) is 1.78. The van der Waals surface area contributed by atoms with E-state index < -0.39 is 11.9 Å². The van der Waals surface area contributed by atoms with Crippen molar-refractivity contribution in [2.24, 2.45) is 5.92 Å². The Labute approximate surface area is 105 Å². The number of anilines is 1. The molecule has 1 aromatic rings. The van der Waals surface area contributed by atoms with E-state index in [0.29, 0.717) is 6.54 Å². The number of carbonyl (C=O) groups is 1. The van der Waals surface area contributed by atoms with Crippen molar-refractivity contribution in [3.63, 3.8) is 0 Å². The van der Waals surface area contributed by atoms with E-state index in [1.807, 2.05) is 24.1 Å². The molecule has 17 heavy (non-hydrogen) atoms. The van der Waals surface area contributed by atoms with Crippen LogP contribution in [0.2, 0.25) is 0 Å². The number of hydrogen-bond donors (Lipinski definition) is 1. The van der Waals surface area contributed by atoms with E-state index in [9.17, 15) is 4.79 Å². The first kappa shape index (κ1) is 13.8. The van der Waals surface area contributed by atoms with E-state index in [2.05, 4.69) is 9.97 Å². The van der Waals surface area contributed by atoms with Crippen LogP contribution >= 0.6 is 11.8 Å². The van der Waals surface area contributed by atoms with Crippen LogP contribution in [0.1, 0.15) is 13.8 Å². The molecule has 0 bridgehead atoms. The minimum Gasteiger partial charge on any atom is -0.481 e. The first-order valence-corrected chi connectivity index (χ1v) is 6.64. The molecule has 5 nitrogen and oxygen atoms in total. The highest BCUT2D eigenvalue weighted by Crippen LogP contribution is 2.18. The molecule has 1 atom stereocenters. The summed E-state index contributed by atoms with van der Waals surface area (Å²) in [4.78, 5) is 21.1. The van der Waals surface area contributed by atoms with E-state index in [4.69, 9.17) is 5.11 Å². The number of hydrogen-bond acceptors (Lipinski definition) is 5. The van der Waals surface area contributed by atoms with E-state index in [-0.39, 0.29) is 0 Å². The maximum atomic E-state index is 10.8. The molecule has 0 aromatic carbocycles. The lowest BCUT2D eigenvalue weighted by atomic mass is 10.1. The standard InChI is InChI=1S/C11H17N3O2S/c1-4-14(6-8(2)11(15)16)9-5-10(17-3)13-7-12-9/h5,7-8H,4,6H2,1-3H3,(H,15,16). The topological polar surface area (TPSA) is 66.3 Å². The van der Waals surface area contributed by atoms with Gasteiger partial charge in [-0.15, -0.1) is 11.8 Å². The molecule has 0 aliphatic heterocycles. The number of nitrogens with zero attached hydrogens (tertiary/aromatic N) is 3. The normalized spacial score (nSPS) is 12.2. The molecule has 0 radical (unpaired) electrons. The van der Waals surface area contributed by atoms with Gasteiger partial charge in [-0.3, -0.25) is 4.79 Å². The van der Waals surface area contributed by atoms with Crippen LogP contribution in [0.5, 0.6) is 0 Å². The van der Waals surface area contributed by atoms with Crippen LogP contribution in [0.25, 0.3) is 0 Å². The minimum atomic E-state index is -0.789. The van der Waals surface area contributed by atoms with Crippen LogP contribution < -0.4 is 4.90 Å². The van der Waals surface area contributed by atoms with Crippen molar-refractivity contribution >= 4 is 23.5 Å². The number of carboxylic acid groups (broad SMARTS) is 1. The zero-order valence-corrected chi connectivity index (χ0v) is 11.1. The van der Waals surface area contributed by atoms with Gasteiger partial charge in [-0.25, -0.2) is 9.97 Å². The van der Waals surface area contributed by atoms with Crippen molar-refractivity contribution in [1.82, 2.24) is 9.97 Å². The van der Waals surface area contributed by atoms with Crippen molar-refractivity contribution in [1.29, 1.82) is 0 Å². The number of carboxylic acids is 1. The Morgan fingerprint density at radius 1 is 1.59 bits per heavy atom. The molecule has 1 heterocycles. The van der Waals surface area contributed by atoms with Gasteiger partial charge in [0, 0.05) is 19.2 Å². The molecule has 6 heteroatoms. The van der Waals surface area contributed by atoms with E-state index in [1.54, 1.807) is 18.7 Å². The monoisotopic (exact) mass is 255 g/mol. The van der Waals surface area contributed by atoms with E-state index >= 15 is 0 Å². The third kappa shape index (κ3) is 3.89. The third-order valence-corrected chi connectivity index (χ3v) is 3.10. The van der Waals surface area contributed by atoms with Gasteiger partial charge < -0.3 is 10.0 Å². The predicted molar refractivity (Wildman–Crippen MR) is 68.5 cm³/mol. The van der Waals surface area contributed by atoms with Crippen molar-refractivity contribution in [2.45, 2.75) is 18.9 Å². The fourth-order valence-electron chi connectivity index (χ4n) is 1.41. The van der Waals surface area contributed by atoms with Gasteiger partial charge in [-0.2, -0.15) is 0 Å². The average molecular weight is 255 g/mol. The molecule has 0 spiro atoms. The molecule has 0 fully saturated rings. The highest BCUT2D eigenvalue weighted by molar-refractivity contribution is 7.98. The van der Waals surface area contributed by atoms with Crippen LogP contribution in [-0.4, -0.2) is 40.4 Å². The van der Waals surface area contributed by atoms with Crippen LogP contribution in [0.15, 0.2) is 17.4 Å². The Hall–Kier alpha value is -1.30. The quantitative estimate of drug-likeness (QED) is 0.617. The predicted octanol–water partition coefficient (Wildman–Crippen LogP) is 1.75. The van der Waals surface area contributed by atoms with Gasteiger partial charge in [0.05, 0.1) is 5.92 Å². The summed E-state index contributed by atoms with van der Waals surface area (Å²) >= 11 is 1.54. The molecular weight excluding hydrogens is 238 g/mol. The fraction of sp³-hybridized carbons (Fsp3) is 0.545. The molecule has 1 rings (SSSR count). The van der Waals surface area contributed by atoms with Crippen molar-refractivity contribution < 1.29 is 9.90 Å². The number of aromatic nitrogens is 2. The highest BCUT2D eigenvalue weighted by Gasteiger charge is 2.16. The maximum absolute atomic E-state index is 10.8. The molecular formula is C11H17N3O2S. The molecule has 1 N–H and O–H groups in total. The Morgan fingerprint density at radius 3 is 2.82 bits per heavy atom. The Morgan fingerprint density at radius 2 is 2.29 bits per heavy atom. The van der Waals surface area contributed by atoms with Gasteiger partial charge in [-0.05, 0) is 13.2 Å². The second-order valence-corrected chi connectivity index (χ2v) is 4.52. The zero-order valence-electron chi connectivity index (χ0n) is 10.3. The lowest BCUT2D eigenvalue weighted by Crippen LogP contribution is -2.32. The molecule has 0 amide bonds. The Balaban J connectivity index is 2.82. The second-order valence-electron chi connectivity index (χ2n) is 3.70. The van der Waals surface area contributed by atoms with Crippen molar-refractivity contribution in [2.75, 3.05) is 24.2 Å². The van der Waals surface area contributed by atoms with Crippen LogP contribution in [0, 0.1) is 5.92 Å². The summed E-state index contributed by atoms with van der Waals surface area (Å²) in [7, 11) is 0. The largest absolute Gasteiger partial charge is 0.481 e. The summed E-state index contributed by atoms with van der Waals surface area (Å²) < 4.78 is 0. The molecule has 0 aliphatic carbocycles. The summed E-state index contributed by atoms with van der Waals surface area (Å²) in [6, 6.07) is 1.88. The lowest BCUT2D eigenvalue weighted by Gasteiger charge is -2.23. The van der Waals surface area contributed by atoms with Gasteiger partial charge in [0.15, 0.2) is 0 Å². The first-order chi connectivity index (χ1) is 8.08. The summed E-state index contributed by atoms with van der Waals surface area (Å²) in [6.45, 7) is 4.86. The van der Waals surface area contributed by atoms with Gasteiger partial charge in [-0.1, -0.05) is 6.92 Å². The van der Waals surface area contributed by atoms with Crippen molar-refractivity contribution in [3.05, 3.63) is 12.4 Å². The highest BCUT2D eigenvalue weighted by atomic mass is 32.2. The molecule has 94 valence electrons. The SMILES string of the molecule is CCN(CC(C)C(=O)O)c1cc(SC)ncn1. The summed E-state index contributed by atoms with van der Waals surface area (Å²) in [5, 5.41) is 9.80. The van der Waals surface area contributed by atoms with Crippen LogP contribution in [0.4, 0.5) is 5.82 Å². The summed E-state index contributed by atoms with van der Waals surface area (Å²) in [5.41, 5.74) is 0. The van der Waals surface area contributed by atoms with Crippen molar-refractivity contribution in [3.8, 4) is 0 Å². The minimum absolute atomic E-state index is 0.414. The van der Waals surface area contributed by atoms with Gasteiger partial charge >= 0.3 is 5.97 Å². The summed E-state index contributed by atoms with van der Waals surface area (Å²) in [6.07, 6.45) is 3.46. The molecule has 0 saturated carbocycles. The molecule has 1 aromatic heterocycles. The molecule has 1 unspecified atom stereocenters. The molecule has 0 aliphatic rings. The average Bonchev–Trinajstić information content (AvgIpc) is 2.35. The summed E-state index contributed by atoms with van der Waals surface area (Å²) in [5.74, 6) is -0.426. The zero-order chi connectivity index (χ0) is 12.8. The van der Waals surface area contributed by atoms with Crippen LogP contribution in [-0.2, 0) is 4.79 Å². The van der Waals surface area contributed by atoms with E-state index in [0.717, 1.165) is 17.4 Å². The third-order valence-electron chi connectivity index (χ3n) is 2.46. The Bertz CT molecular complexity index is 387. The lowest BCUT2D eigenvalue weighted by molar-refractivity contribution is -0.140. The Kier molecular flexibility index (Phi) is 5.21. The van der Waals surface area contributed by atoms with Gasteiger partial charge in [0.2, 0.25) is 0 Å². The van der Waals surface area contributed by atoms with E-state index in [1.165, 1.54) is 6.33 Å². The number of aliphatic carboxylic acids is 1.